The van der Waals surface area contributed by atoms with Crippen molar-refractivity contribution in [2.45, 2.75) is 30.4 Å². The summed E-state index contributed by atoms with van der Waals surface area (Å²) in [7, 11) is 0. The van der Waals surface area contributed by atoms with Gasteiger partial charge in [0.15, 0.2) is 5.78 Å². The van der Waals surface area contributed by atoms with E-state index in [9.17, 15) is 14.4 Å². The Morgan fingerprint density at radius 3 is 2.48 bits per heavy atom. The third-order valence-electron chi connectivity index (χ3n) is 5.43. The fraction of sp³-hybridized carbons (Fsp3) is 0.348. The van der Waals surface area contributed by atoms with E-state index in [1.807, 2.05) is 36.4 Å². The topological polar surface area (TPSA) is 75.7 Å². The van der Waals surface area contributed by atoms with Crippen LogP contribution in [0.25, 0.3) is 0 Å². The second-order valence-corrected chi connectivity index (χ2v) is 8.50. The maximum Gasteiger partial charge on any atom is 0.251 e. The molecule has 2 heterocycles. The van der Waals surface area contributed by atoms with Gasteiger partial charge in [0.1, 0.15) is 18.7 Å². The highest BCUT2D eigenvalue weighted by molar-refractivity contribution is 7.98. The van der Waals surface area contributed by atoms with Gasteiger partial charge in [-0.1, -0.05) is 48.5 Å². The van der Waals surface area contributed by atoms with Crippen LogP contribution in [0.3, 0.4) is 0 Å². The molecule has 2 fully saturated rings. The highest BCUT2D eigenvalue weighted by atomic mass is 32.2. The van der Waals surface area contributed by atoms with Gasteiger partial charge >= 0.3 is 0 Å². The zero-order valence-electron chi connectivity index (χ0n) is 17.0. The van der Waals surface area contributed by atoms with E-state index in [1.165, 1.54) is 0 Å². The lowest BCUT2D eigenvalue weighted by molar-refractivity contribution is -0.137. The number of hydrogen-bond donors (Lipinski definition) is 1. The molecule has 3 atom stereocenters. The van der Waals surface area contributed by atoms with Crippen LogP contribution in [0.1, 0.15) is 22.3 Å². The average molecular weight is 459 g/mol. The lowest BCUT2D eigenvalue weighted by Gasteiger charge is -2.27. The second-order valence-electron chi connectivity index (χ2n) is 7.47. The number of amides is 2. The maximum atomic E-state index is 13.3. The van der Waals surface area contributed by atoms with Crippen LogP contribution in [0, 0.1) is 0 Å². The normalized spacial score (nSPS) is 20.6. The number of carbonyl (C=O) groups excluding carboxylic acids is 3. The molecule has 0 saturated carbocycles. The minimum atomic E-state index is -0.710. The van der Waals surface area contributed by atoms with Crippen molar-refractivity contribution in [1.82, 2.24) is 10.2 Å². The fourth-order valence-corrected chi connectivity index (χ4v) is 4.92. The number of likely N-dealkylation sites (tertiary alicyclic amines) is 1. The predicted molar refractivity (Wildman–Crippen MR) is 126 cm³/mol. The van der Waals surface area contributed by atoms with Gasteiger partial charge in [-0.05, 0) is 24.1 Å². The van der Waals surface area contributed by atoms with E-state index in [2.05, 4.69) is 5.32 Å². The molecule has 2 aromatic rings. The van der Waals surface area contributed by atoms with Crippen molar-refractivity contribution in [3.63, 3.8) is 0 Å². The number of thioether (sulfide) groups is 1. The molecular formula is C23H26N2O4S2. The molecule has 0 spiro atoms. The predicted octanol–water partition coefficient (Wildman–Crippen LogP) is 2.40. The summed E-state index contributed by atoms with van der Waals surface area (Å²) < 4.78 is 5.50. The van der Waals surface area contributed by atoms with E-state index >= 15 is 0 Å². The Morgan fingerprint density at radius 1 is 1.10 bits per heavy atom. The van der Waals surface area contributed by atoms with Crippen molar-refractivity contribution in [3.8, 4) is 0 Å². The van der Waals surface area contributed by atoms with Crippen molar-refractivity contribution in [2.24, 2.45) is 0 Å². The molecule has 2 amide bonds. The minimum Gasteiger partial charge on any atom is -0.368 e. The Bertz CT molecular complexity index is 910. The summed E-state index contributed by atoms with van der Waals surface area (Å²) in [4.78, 5) is 39.9. The van der Waals surface area contributed by atoms with Gasteiger partial charge < -0.3 is 15.0 Å². The molecule has 2 saturated heterocycles. The summed E-state index contributed by atoms with van der Waals surface area (Å²) in [5.41, 5.74) is 1.66. The number of ether oxygens (including phenoxy) is 1. The molecule has 2 aliphatic rings. The van der Waals surface area contributed by atoms with Crippen LogP contribution in [0.5, 0.6) is 0 Å². The number of fused-ring (bicyclic) bond motifs is 1. The highest BCUT2D eigenvalue weighted by Gasteiger charge is 2.48. The van der Waals surface area contributed by atoms with Gasteiger partial charge in [0.25, 0.3) is 5.91 Å². The first-order valence-corrected chi connectivity index (χ1v) is 11.2. The van der Waals surface area contributed by atoms with Crippen LogP contribution in [0.15, 0.2) is 60.7 Å². The molecule has 164 valence electrons. The number of Topliss-reactive ketones (excluding diaryl/α,β-unsaturated/α-hetero) is 1. The summed E-state index contributed by atoms with van der Waals surface area (Å²) >= 11 is 1.59. The van der Waals surface area contributed by atoms with Crippen LogP contribution in [0.4, 0.5) is 0 Å². The van der Waals surface area contributed by atoms with E-state index in [-0.39, 0.29) is 43.8 Å². The van der Waals surface area contributed by atoms with E-state index < -0.39 is 12.1 Å². The fourth-order valence-electron chi connectivity index (χ4n) is 3.92. The average Bonchev–Trinajstić information content (AvgIpc) is 3.37. The lowest BCUT2D eigenvalue weighted by atomic mass is 10.1. The molecule has 0 aromatic heterocycles. The van der Waals surface area contributed by atoms with Crippen LogP contribution in [-0.4, -0.2) is 59.6 Å². The van der Waals surface area contributed by atoms with Crippen LogP contribution < -0.4 is 5.32 Å². The second kappa shape index (κ2) is 10.8. The van der Waals surface area contributed by atoms with Crippen molar-refractivity contribution < 1.29 is 19.1 Å². The first-order chi connectivity index (χ1) is 14.6. The molecular weight excluding hydrogens is 432 g/mol. The Balaban J connectivity index is 0.00000272. The molecule has 4 rings (SSSR count). The van der Waals surface area contributed by atoms with Gasteiger partial charge in [0, 0.05) is 23.6 Å². The number of ketones is 1. The highest BCUT2D eigenvalue weighted by Crippen LogP contribution is 2.28. The summed E-state index contributed by atoms with van der Waals surface area (Å²) in [6.45, 7) is 0.532. The van der Waals surface area contributed by atoms with Gasteiger partial charge in [-0.2, -0.15) is 25.3 Å². The number of hydrogen-bond acceptors (Lipinski definition) is 5. The minimum absolute atomic E-state index is 0. The summed E-state index contributed by atoms with van der Waals surface area (Å²) in [6, 6.07) is 17.6. The quantitative estimate of drug-likeness (QED) is 0.690. The Kier molecular flexibility index (Phi) is 8.17. The van der Waals surface area contributed by atoms with Crippen LogP contribution in [-0.2, 0) is 20.1 Å². The first-order valence-electron chi connectivity index (χ1n) is 10.1. The number of nitrogens with one attached hydrogen (secondary N) is 1. The van der Waals surface area contributed by atoms with E-state index in [0.29, 0.717) is 24.3 Å². The van der Waals surface area contributed by atoms with E-state index in [0.717, 1.165) is 11.3 Å². The number of carbonyl (C=O) groups is 3. The van der Waals surface area contributed by atoms with Crippen molar-refractivity contribution in [1.29, 1.82) is 0 Å². The van der Waals surface area contributed by atoms with E-state index in [4.69, 9.17) is 4.74 Å². The molecule has 1 N–H and O–H groups in total. The Hall–Kier alpha value is -2.29. The maximum absolute atomic E-state index is 13.3. The SMILES string of the molecule is O=C(N[C@@H](CSCc1ccccc1)C(=O)N1CC[C@H]2OCC(=O)[C@H]21)c1ccccc1.S. The number of rotatable bonds is 7. The number of nitrogens with zero attached hydrogens (tertiary/aromatic N) is 1. The zero-order chi connectivity index (χ0) is 20.9. The molecule has 2 aliphatic heterocycles. The molecule has 6 nitrogen and oxygen atoms in total. The summed E-state index contributed by atoms with van der Waals surface area (Å²) in [5.74, 6) is 0.593. The molecule has 0 bridgehead atoms. The largest absolute Gasteiger partial charge is 0.368 e. The molecule has 0 unspecified atom stereocenters. The van der Waals surface area contributed by atoms with Gasteiger partial charge in [-0.25, -0.2) is 0 Å². The molecule has 8 heteroatoms. The lowest BCUT2D eigenvalue weighted by Crippen LogP contribution is -2.53. The third kappa shape index (κ3) is 5.50. The van der Waals surface area contributed by atoms with E-state index in [1.54, 1.807) is 40.9 Å². The Labute approximate surface area is 193 Å². The molecule has 31 heavy (non-hydrogen) atoms. The van der Waals surface area contributed by atoms with Crippen molar-refractivity contribution in [3.05, 3.63) is 71.8 Å². The first kappa shape index (κ1) is 23.4. The van der Waals surface area contributed by atoms with Gasteiger partial charge in [0.2, 0.25) is 5.91 Å². The smallest absolute Gasteiger partial charge is 0.251 e. The summed E-state index contributed by atoms with van der Waals surface area (Å²) in [5, 5.41) is 2.89. The van der Waals surface area contributed by atoms with Gasteiger partial charge in [-0.3, -0.25) is 14.4 Å². The monoisotopic (exact) mass is 458 g/mol. The van der Waals surface area contributed by atoms with Crippen LogP contribution >= 0.6 is 25.3 Å². The summed E-state index contributed by atoms with van der Waals surface area (Å²) in [6.07, 6.45) is 0.433. The zero-order valence-corrected chi connectivity index (χ0v) is 18.8. The number of benzene rings is 2. The van der Waals surface area contributed by atoms with Crippen molar-refractivity contribution in [2.75, 3.05) is 18.9 Å². The standard InChI is InChI=1S/C23H24N2O4S.H2S/c26-19-13-29-20-11-12-25(21(19)20)23(28)18(15-30-14-16-7-3-1-4-8-16)24-22(27)17-9-5-2-6-10-17;/h1-10,18,20-21H,11-15H2,(H,24,27);1H2/t18-,20+,21+;/m0./s1. The Morgan fingerprint density at radius 2 is 1.77 bits per heavy atom. The van der Waals surface area contributed by atoms with Gasteiger partial charge in [-0.15, -0.1) is 0 Å². The molecule has 0 aliphatic carbocycles. The van der Waals surface area contributed by atoms with Crippen LogP contribution in [0.2, 0.25) is 0 Å². The van der Waals surface area contributed by atoms with Crippen molar-refractivity contribution >= 4 is 42.9 Å². The third-order valence-corrected chi connectivity index (χ3v) is 6.54. The molecule has 0 radical (unpaired) electrons. The van der Waals surface area contributed by atoms with Gasteiger partial charge in [0.05, 0.1) is 6.10 Å². The molecule has 2 aromatic carbocycles.